The highest BCUT2D eigenvalue weighted by molar-refractivity contribution is 5.48. The predicted octanol–water partition coefficient (Wildman–Crippen LogP) is 2.73. The van der Waals surface area contributed by atoms with E-state index >= 15 is 0 Å². The molecule has 0 spiro atoms. The lowest BCUT2D eigenvalue weighted by atomic mass is 9.95. The van der Waals surface area contributed by atoms with Crippen molar-refractivity contribution < 1.29 is 14.2 Å². The first-order valence-electron chi connectivity index (χ1n) is 5.66. The van der Waals surface area contributed by atoms with Crippen LogP contribution in [0.25, 0.3) is 0 Å². The molecule has 3 nitrogen and oxygen atoms in total. The molecule has 1 aromatic rings. The van der Waals surface area contributed by atoms with Crippen LogP contribution in [0.15, 0.2) is 12.1 Å². The van der Waals surface area contributed by atoms with Gasteiger partial charge in [-0.1, -0.05) is 6.92 Å². The Bertz CT molecular complexity index is 374. The molecular formula is C13H18O3. The Labute approximate surface area is 96.3 Å². The zero-order chi connectivity index (χ0) is 11.5. The average molecular weight is 222 g/mol. The number of hydrogen-bond acceptors (Lipinski definition) is 3. The average Bonchev–Trinajstić information content (AvgIpc) is 2.36. The first kappa shape index (κ1) is 11.3. The maximum Gasteiger partial charge on any atom is 0.161 e. The Hall–Kier alpha value is -1.22. The lowest BCUT2D eigenvalue weighted by Crippen LogP contribution is -2.16. The van der Waals surface area contributed by atoms with Gasteiger partial charge in [0.1, 0.15) is 0 Å². The molecule has 1 heterocycles. The van der Waals surface area contributed by atoms with Gasteiger partial charge >= 0.3 is 0 Å². The molecule has 1 aliphatic rings. The van der Waals surface area contributed by atoms with E-state index in [1.54, 1.807) is 14.2 Å². The third kappa shape index (κ3) is 1.87. The van der Waals surface area contributed by atoms with E-state index in [0.29, 0.717) is 0 Å². The zero-order valence-corrected chi connectivity index (χ0v) is 10.1. The Morgan fingerprint density at radius 3 is 2.56 bits per heavy atom. The predicted molar refractivity (Wildman–Crippen MR) is 62.2 cm³/mol. The highest BCUT2D eigenvalue weighted by Gasteiger charge is 2.21. The van der Waals surface area contributed by atoms with Gasteiger partial charge in [0.05, 0.1) is 26.9 Å². The van der Waals surface area contributed by atoms with E-state index in [2.05, 4.69) is 13.0 Å². The van der Waals surface area contributed by atoms with E-state index in [0.717, 1.165) is 30.9 Å². The molecule has 0 aliphatic carbocycles. The SMILES string of the molecule is CCC1OCCc2cc(OC)c(OC)cc21. The molecule has 0 saturated heterocycles. The van der Waals surface area contributed by atoms with E-state index < -0.39 is 0 Å². The first-order chi connectivity index (χ1) is 7.80. The summed E-state index contributed by atoms with van der Waals surface area (Å²) in [6.45, 7) is 2.93. The summed E-state index contributed by atoms with van der Waals surface area (Å²) in [6, 6.07) is 4.11. The fourth-order valence-corrected chi connectivity index (χ4v) is 2.19. The maximum absolute atomic E-state index is 5.73. The fraction of sp³-hybridized carbons (Fsp3) is 0.538. The maximum atomic E-state index is 5.73. The highest BCUT2D eigenvalue weighted by atomic mass is 16.5. The van der Waals surface area contributed by atoms with Crippen molar-refractivity contribution in [1.82, 2.24) is 0 Å². The van der Waals surface area contributed by atoms with Gasteiger partial charge < -0.3 is 14.2 Å². The van der Waals surface area contributed by atoms with Crippen molar-refractivity contribution in [3.8, 4) is 11.5 Å². The summed E-state index contributed by atoms with van der Waals surface area (Å²) in [6.07, 6.45) is 2.14. The van der Waals surface area contributed by atoms with Gasteiger partial charge in [-0.2, -0.15) is 0 Å². The third-order valence-electron chi connectivity index (χ3n) is 3.05. The molecule has 0 radical (unpaired) electrons. The summed E-state index contributed by atoms with van der Waals surface area (Å²) >= 11 is 0. The Morgan fingerprint density at radius 1 is 1.25 bits per heavy atom. The van der Waals surface area contributed by atoms with E-state index in [4.69, 9.17) is 14.2 Å². The number of hydrogen-bond donors (Lipinski definition) is 0. The minimum atomic E-state index is 0.198. The fourth-order valence-electron chi connectivity index (χ4n) is 2.19. The summed E-state index contributed by atoms with van der Waals surface area (Å²) in [7, 11) is 3.33. The normalized spacial score (nSPS) is 19.1. The molecule has 0 bridgehead atoms. The van der Waals surface area contributed by atoms with Gasteiger partial charge in [0, 0.05) is 0 Å². The minimum absolute atomic E-state index is 0.198. The first-order valence-corrected chi connectivity index (χ1v) is 5.66. The van der Waals surface area contributed by atoms with Gasteiger partial charge in [0.25, 0.3) is 0 Å². The van der Waals surface area contributed by atoms with Crippen LogP contribution in [0.2, 0.25) is 0 Å². The van der Waals surface area contributed by atoms with Crippen LogP contribution in [-0.4, -0.2) is 20.8 Å². The number of rotatable bonds is 3. The third-order valence-corrected chi connectivity index (χ3v) is 3.05. The van der Waals surface area contributed by atoms with Crippen LogP contribution in [0.4, 0.5) is 0 Å². The van der Waals surface area contributed by atoms with Crippen LogP contribution in [0, 0.1) is 0 Å². The van der Waals surface area contributed by atoms with Crippen molar-refractivity contribution in [3.63, 3.8) is 0 Å². The van der Waals surface area contributed by atoms with Crippen molar-refractivity contribution in [2.45, 2.75) is 25.9 Å². The number of ether oxygens (including phenoxy) is 3. The summed E-state index contributed by atoms with van der Waals surface area (Å²) in [4.78, 5) is 0. The molecular weight excluding hydrogens is 204 g/mol. The highest BCUT2D eigenvalue weighted by Crippen LogP contribution is 2.37. The molecule has 1 aliphatic heterocycles. The minimum Gasteiger partial charge on any atom is -0.493 e. The van der Waals surface area contributed by atoms with E-state index in [9.17, 15) is 0 Å². The molecule has 16 heavy (non-hydrogen) atoms. The second-order valence-corrected chi connectivity index (χ2v) is 3.92. The van der Waals surface area contributed by atoms with Crippen LogP contribution in [0.1, 0.15) is 30.6 Å². The van der Waals surface area contributed by atoms with Crippen molar-refractivity contribution >= 4 is 0 Å². The van der Waals surface area contributed by atoms with E-state index in [1.807, 2.05) is 6.07 Å². The lowest BCUT2D eigenvalue weighted by Gasteiger charge is -2.26. The van der Waals surface area contributed by atoms with Crippen LogP contribution < -0.4 is 9.47 Å². The molecule has 0 aromatic heterocycles. The number of benzene rings is 1. The van der Waals surface area contributed by atoms with Crippen LogP contribution in [0.3, 0.4) is 0 Å². The van der Waals surface area contributed by atoms with Gasteiger partial charge in [-0.25, -0.2) is 0 Å². The van der Waals surface area contributed by atoms with Gasteiger partial charge in [-0.3, -0.25) is 0 Å². The topological polar surface area (TPSA) is 27.7 Å². The molecule has 0 N–H and O–H groups in total. The summed E-state index contributed by atoms with van der Waals surface area (Å²) in [5, 5.41) is 0. The van der Waals surface area contributed by atoms with E-state index in [1.165, 1.54) is 11.1 Å². The molecule has 1 atom stereocenters. The van der Waals surface area contributed by atoms with Gasteiger partial charge in [-0.05, 0) is 36.1 Å². The quantitative estimate of drug-likeness (QED) is 0.787. The van der Waals surface area contributed by atoms with E-state index in [-0.39, 0.29) is 6.10 Å². The van der Waals surface area contributed by atoms with Gasteiger partial charge in [0.15, 0.2) is 11.5 Å². The van der Waals surface area contributed by atoms with Crippen LogP contribution in [0.5, 0.6) is 11.5 Å². The molecule has 3 heteroatoms. The Balaban J connectivity index is 2.46. The second kappa shape index (κ2) is 4.74. The van der Waals surface area contributed by atoms with Crippen LogP contribution in [-0.2, 0) is 11.2 Å². The second-order valence-electron chi connectivity index (χ2n) is 3.92. The number of methoxy groups -OCH3 is 2. The smallest absolute Gasteiger partial charge is 0.161 e. The van der Waals surface area contributed by atoms with Crippen molar-refractivity contribution in [2.75, 3.05) is 20.8 Å². The largest absolute Gasteiger partial charge is 0.493 e. The lowest BCUT2D eigenvalue weighted by molar-refractivity contribution is 0.0396. The summed E-state index contributed by atoms with van der Waals surface area (Å²) < 4.78 is 16.4. The molecule has 1 aromatic carbocycles. The molecule has 0 saturated carbocycles. The standard InChI is InChI=1S/C13H18O3/c1-4-11-10-8-13(15-3)12(14-2)7-9(10)5-6-16-11/h7-8,11H,4-6H2,1-3H3. The van der Waals surface area contributed by atoms with Gasteiger partial charge in [0.2, 0.25) is 0 Å². The monoisotopic (exact) mass is 222 g/mol. The number of fused-ring (bicyclic) bond motifs is 1. The molecule has 1 unspecified atom stereocenters. The van der Waals surface area contributed by atoms with Crippen LogP contribution >= 0.6 is 0 Å². The Morgan fingerprint density at radius 2 is 1.94 bits per heavy atom. The Kier molecular flexibility index (Phi) is 3.34. The molecule has 0 fully saturated rings. The molecule has 0 amide bonds. The van der Waals surface area contributed by atoms with Crippen molar-refractivity contribution in [2.24, 2.45) is 0 Å². The summed E-state index contributed by atoms with van der Waals surface area (Å²) in [5.41, 5.74) is 2.56. The van der Waals surface area contributed by atoms with Gasteiger partial charge in [-0.15, -0.1) is 0 Å². The molecule has 2 rings (SSSR count). The molecule has 88 valence electrons. The van der Waals surface area contributed by atoms with Crippen molar-refractivity contribution in [1.29, 1.82) is 0 Å². The van der Waals surface area contributed by atoms with Crippen molar-refractivity contribution in [3.05, 3.63) is 23.3 Å². The zero-order valence-electron chi connectivity index (χ0n) is 10.1. The summed E-state index contributed by atoms with van der Waals surface area (Å²) in [5.74, 6) is 1.59.